The van der Waals surface area contributed by atoms with Gasteiger partial charge in [-0.1, -0.05) is 18.2 Å². The van der Waals surface area contributed by atoms with Crippen molar-refractivity contribution in [2.75, 3.05) is 11.9 Å². The van der Waals surface area contributed by atoms with E-state index in [1.54, 1.807) is 6.08 Å². The first-order valence-corrected chi connectivity index (χ1v) is 5.89. The number of nitrogens with one attached hydrogen (secondary N) is 2. The average molecular weight is 232 g/mol. The molecule has 1 rings (SSSR count). The molecule has 1 aromatic carbocycles. The number of amides is 1. The van der Waals surface area contributed by atoms with Crippen LogP contribution in [0.1, 0.15) is 30.6 Å². The number of anilines is 1. The van der Waals surface area contributed by atoms with Crippen molar-refractivity contribution in [3.05, 3.63) is 42.5 Å². The first-order chi connectivity index (χ1) is 8.15. The monoisotopic (exact) mass is 232 g/mol. The highest BCUT2D eigenvalue weighted by molar-refractivity contribution is 5.99. The van der Waals surface area contributed by atoms with Crippen LogP contribution in [0.15, 0.2) is 36.9 Å². The molecule has 0 aliphatic rings. The lowest BCUT2D eigenvalue weighted by atomic mass is 10.1. The van der Waals surface area contributed by atoms with E-state index in [9.17, 15) is 4.79 Å². The maximum Gasteiger partial charge on any atom is 0.253 e. The summed E-state index contributed by atoms with van der Waals surface area (Å²) in [6.07, 6.45) is 2.57. The van der Waals surface area contributed by atoms with E-state index in [2.05, 4.69) is 17.2 Å². The van der Waals surface area contributed by atoms with Crippen LogP contribution in [0.3, 0.4) is 0 Å². The van der Waals surface area contributed by atoms with Crippen LogP contribution in [0.25, 0.3) is 0 Å². The Morgan fingerprint density at radius 3 is 2.76 bits per heavy atom. The van der Waals surface area contributed by atoms with Crippen molar-refractivity contribution in [2.24, 2.45) is 0 Å². The predicted octanol–water partition coefficient (Wildman–Crippen LogP) is 2.81. The van der Waals surface area contributed by atoms with Crippen LogP contribution in [0.5, 0.6) is 0 Å². The molecule has 0 bridgehead atoms. The molecular formula is C14H20N2O. The van der Waals surface area contributed by atoms with E-state index in [-0.39, 0.29) is 5.91 Å². The molecule has 0 aromatic heterocycles. The number of carbonyl (C=O) groups excluding carboxylic acids is 1. The Hall–Kier alpha value is -1.77. The minimum absolute atomic E-state index is 0.0457. The van der Waals surface area contributed by atoms with Crippen molar-refractivity contribution < 1.29 is 4.79 Å². The Morgan fingerprint density at radius 2 is 2.12 bits per heavy atom. The molecule has 0 heterocycles. The smallest absolute Gasteiger partial charge is 0.253 e. The van der Waals surface area contributed by atoms with Gasteiger partial charge in [0, 0.05) is 18.3 Å². The summed E-state index contributed by atoms with van der Waals surface area (Å²) in [5, 5.41) is 6.13. The zero-order valence-corrected chi connectivity index (χ0v) is 10.5. The van der Waals surface area contributed by atoms with Gasteiger partial charge in [-0.25, -0.2) is 0 Å². The molecule has 1 aromatic rings. The summed E-state index contributed by atoms with van der Waals surface area (Å²) in [4.78, 5) is 11.9. The number of rotatable bonds is 6. The van der Waals surface area contributed by atoms with Gasteiger partial charge in [-0.15, -0.1) is 6.58 Å². The Morgan fingerprint density at radius 1 is 1.41 bits per heavy atom. The third-order valence-electron chi connectivity index (χ3n) is 2.25. The van der Waals surface area contributed by atoms with Gasteiger partial charge in [-0.05, 0) is 32.4 Å². The van der Waals surface area contributed by atoms with E-state index in [0.717, 1.165) is 12.1 Å². The molecule has 0 fully saturated rings. The largest absolute Gasteiger partial charge is 0.382 e. The first-order valence-electron chi connectivity index (χ1n) is 5.89. The van der Waals surface area contributed by atoms with Gasteiger partial charge in [0.1, 0.15) is 0 Å². The molecular weight excluding hydrogens is 212 g/mol. The summed E-state index contributed by atoms with van der Waals surface area (Å²) in [7, 11) is 0. The molecule has 17 heavy (non-hydrogen) atoms. The lowest BCUT2D eigenvalue weighted by molar-refractivity contribution is 0.0955. The molecule has 0 saturated heterocycles. The summed E-state index contributed by atoms with van der Waals surface area (Å²) >= 11 is 0. The fourth-order valence-corrected chi connectivity index (χ4v) is 1.50. The number of para-hydroxylation sites is 1. The van der Waals surface area contributed by atoms with Gasteiger partial charge < -0.3 is 10.6 Å². The Kier molecular flexibility index (Phi) is 5.27. The van der Waals surface area contributed by atoms with Gasteiger partial charge in [0.2, 0.25) is 0 Å². The molecule has 2 N–H and O–H groups in total. The second-order valence-electron chi connectivity index (χ2n) is 4.18. The topological polar surface area (TPSA) is 41.1 Å². The highest BCUT2D eigenvalue weighted by Crippen LogP contribution is 2.15. The molecule has 0 unspecified atom stereocenters. The number of carbonyl (C=O) groups is 1. The normalized spacial score (nSPS) is 10.1. The van der Waals surface area contributed by atoms with Crippen LogP contribution in [-0.4, -0.2) is 18.5 Å². The van der Waals surface area contributed by atoms with Gasteiger partial charge in [0.25, 0.3) is 5.91 Å². The Balaban J connectivity index is 2.74. The van der Waals surface area contributed by atoms with Crippen molar-refractivity contribution in [3.63, 3.8) is 0 Å². The maximum absolute atomic E-state index is 11.9. The number of hydrogen-bond donors (Lipinski definition) is 2. The van der Waals surface area contributed by atoms with Gasteiger partial charge in [0.05, 0.1) is 5.56 Å². The lowest BCUT2D eigenvalue weighted by Gasteiger charge is -2.14. The van der Waals surface area contributed by atoms with Gasteiger partial charge in [-0.3, -0.25) is 4.79 Å². The highest BCUT2D eigenvalue weighted by atomic mass is 16.1. The van der Waals surface area contributed by atoms with Gasteiger partial charge in [-0.2, -0.15) is 0 Å². The van der Waals surface area contributed by atoms with E-state index in [1.807, 2.05) is 38.1 Å². The van der Waals surface area contributed by atoms with Crippen LogP contribution in [0.4, 0.5) is 5.69 Å². The lowest BCUT2D eigenvalue weighted by Crippen LogP contribution is -2.25. The van der Waals surface area contributed by atoms with E-state index in [4.69, 9.17) is 0 Å². The van der Waals surface area contributed by atoms with Crippen LogP contribution in [0.2, 0.25) is 0 Å². The zero-order chi connectivity index (χ0) is 12.7. The van der Waals surface area contributed by atoms with Crippen LogP contribution >= 0.6 is 0 Å². The van der Waals surface area contributed by atoms with Gasteiger partial charge in [0.15, 0.2) is 0 Å². The minimum atomic E-state index is -0.0457. The predicted molar refractivity (Wildman–Crippen MR) is 72.3 cm³/mol. The molecule has 0 aliphatic heterocycles. The average Bonchev–Trinajstić information content (AvgIpc) is 2.29. The number of hydrogen-bond acceptors (Lipinski definition) is 2. The molecule has 0 aliphatic carbocycles. The molecule has 0 atom stereocenters. The van der Waals surface area contributed by atoms with E-state index >= 15 is 0 Å². The third kappa shape index (κ3) is 4.31. The van der Waals surface area contributed by atoms with Crippen LogP contribution < -0.4 is 10.6 Å². The molecule has 1 amide bonds. The molecule has 92 valence electrons. The summed E-state index contributed by atoms with van der Waals surface area (Å²) in [5.41, 5.74) is 1.56. The summed E-state index contributed by atoms with van der Waals surface area (Å²) in [6.45, 7) is 8.34. The van der Waals surface area contributed by atoms with Crippen LogP contribution in [-0.2, 0) is 0 Å². The van der Waals surface area contributed by atoms with Crippen molar-refractivity contribution in [1.82, 2.24) is 5.32 Å². The van der Waals surface area contributed by atoms with Gasteiger partial charge >= 0.3 is 0 Å². The third-order valence-corrected chi connectivity index (χ3v) is 2.25. The summed E-state index contributed by atoms with van der Waals surface area (Å²) in [6, 6.07) is 7.84. The molecule has 0 saturated carbocycles. The second-order valence-corrected chi connectivity index (χ2v) is 4.18. The maximum atomic E-state index is 11.9. The van der Waals surface area contributed by atoms with E-state index in [0.29, 0.717) is 18.2 Å². The van der Waals surface area contributed by atoms with Crippen molar-refractivity contribution in [2.45, 2.75) is 26.3 Å². The zero-order valence-electron chi connectivity index (χ0n) is 10.5. The molecule has 3 nitrogen and oxygen atoms in total. The molecule has 0 spiro atoms. The number of benzene rings is 1. The first kappa shape index (κ1) is 13.3. The van der Waals surface area contributed by atoms with Crippen molar-refractivity contribution in [1.29, 1.82) is 0 Å². The fraction of sp³-hybridized carbons (Fsp3) is 0.357. The Bertz CT molecular complexity index is 386. The van der Waals surface area contributed by atoms with E-state index < -0.39 is 0 Å². The summed E-state index contributed by atoms with van der Waals surface area (Å²) < 4.78 is 0. The minimum Gasteiger partial charge on any atom is -0.382 e. The Labute approximate surface area is 103 Å². The summed E-state index contributed by atoms with van der Waals surface area (Å²) in [5.74, 6) is -0.0457. The fourth-order valence-electron chi connectivity index (χ4n) is 1.50. The van der Waals surface area contributed by atoms with E-state index in [1.165, 1.54) is 0 Å². The standard InChI is InChI=1S/C14H20N2O/c1-4-5-10-15-14(17)12-8-6-7-9-13(12)16-11(2)3/h4,6-9,11,16H,1,5,10H2,2-3H3,(H,15,17). The van der Waals surface area contributed by atoms with Crippen molar-refractivity contribution >= 4 is 11.6 Å². The quantitative estimate of drug-likeness (QED) is 0.585. The second kappa shape index (κ2) is 6.74. The highest BCUT2D eigenvalue weighted by Gasteiger charge is 2.10. The van der Waals surface area contributed by atoms with Crippen molar-refractivity contribution in [3.8, 4) is 0 Å². The SMILES string of the molecule is C=CCCNC(=O)c1ccccc1NC(C)C. The molecule has 3 heteroatoms. The van der Waals surface area contributed by atoms with Crippen LogP contribution in [0, 0.1) is 0 Å². The molecule has 0 radical (unpaired) electrons.